The number of para-hydroxylation sites is 2. The molecular formula is C24H17N2O4PS2. The van der Waals surface area contributed by atoms with Crippen molar-refractivity contribution >= 4 is 57.9 Å². The van der Waals surface area contributed by atoms with E-state index in [1.54, 1.807) is 25.3 Å². The fourth-order valence-corrected chi connectivity index (χ4v) is 7.06. The molecule has 0 bridgehead atoms. The van der Waals surface area contributed by atoms with Gasteiger partial charge in [0.25, 0.3) is 6.42 Å². The quantitative estimate of drug-likeness (QED) is 0.229. The molecule has 1 atom stereocenters. The van der Waals surface area contributed by atoms with Crippen molar-refractivity contribution in [2.75, 3.05) is 7.11 Å². The Kier molecular flexibility index (Phi) is 5.58. The average Bonchev–Trinajstić information content (AvgIpc) is 2.85. The lowest BCUT2D eigenvalue weighted by Gasteiger charge is -2.37. The normalized spacial score (nSPS) is 17.7. The minimum atomic E-state index is -2.96. The number of nitrogens with zero attached hydrogens (tertiary/aromatic N) is 2. The summed E-state index contributed by atoms with van der Waals surface area (Å²) < 4.78 is 18.8. The fourth-order valence-electron chi connectivity index (χ4n) is 3.47. The van der Waals surface area contributed by atoms with Crippen LogP contribution in [0.5, 0.6) is 11.5 Å². The van der Waals surface area contributed by atoms with Crippen molar-refractivity contribution in [1.82, 2.24) is 4.78 Å². The molecule has 1 aliphatic heterocycles. The first-order valence-corrected chi connectivity index (χ1v) is 13.0. The van der Waals surface area contributed by atoms with E-state index in [9.17, 15) is 4.79 Å². The molecule has 0 fully saturated rings. The maximum absolute atomic E-state index is 12.9. The van der Waals surface area contributed by atoms with Crippen molar-refractivity contribution in [2.24, 2.45) is 5.10 Å². The van der Waals surface area contributed by atoms with Crippen molar-refractivity contribution < 1.29 is 13.7 Å². The number of hydrogen-bond acceptors (Lipinski definition) is 7. The molecule has 1 unspecified atom stereocenters. The summed E-state index contributed by atoms with van der Waals surface area (Å²) in [4.78, 5) is 13.3. The zero-order valence-corrected chi connectivity index (χ0v) is 19.9. The molecule has 0 saturated heterocycles. The van der Waals surface area contributed by atoms with Crippen LogP contribution < -0.4 is 20.0 Å². The van der Waals surface area contributed by atoms with E-state index in [4.69, 9.17) is 37.7 Å². The Balaban J connectivity index is 1.62. The molecule has 3 aromatic carbocycles. The number of fused-ring (bicyclic) bond motifs is 2. The number of rotatable bonds is 4. The predicted molar refractivity (Wildman–Crippen MR) is 138 cm³/mol. The summed E-state index contributed by atoms with van der Waals surface area (Å²) in [5.74, 6) is 1.31. The smallest absolute Gasteiger partial charge is 0.255 e. The van der Waals surface area contributed by atoms with E-state index in [2.05, 4.69) is 5.10 Å². The van der Waals surface area contributed by atoms with Gasteiger partial charge in [-0.05, 0) is 60.3 Å². The van der Waals surface area contributed by atoms with Crippen LogP contribution in [0.2, 0.25) is 0 Å². The second-order valence-corrected chi connectivity index (χ2v) is 11.2. The van der Waals surface area contributed by atoms with Crippen LogP contribution in [0, 0.1) is 0 Å². The summed E-state index contributed by atoms with van der Waals surface area (Å²) >= 11 is 11.8. The van der Waals surface area contributed by atoms with Crippen molar-refractivity contribution in [3.8, 4) is 11.5 Å². The monoisotopic (exact) mass is 492 g/mol. The van der Waals surface area contributed by atoms with E-state index in [0.29, 0.717) is 33.0 Å². The van der Waals surface area contributed by atoms with Crippen LogP contribution in [-0.2, 0) is 11.8 Å². The highest BCUT2D eigenvalue weighted by atomic mass is 32.4. The Morgan fingerprint density at radius 1 is 1.03 bits per heavy atom. The number of ether oxygens (including phenoxy) is 1. The van der Waals surface area contributed by atoms with Crippen LogP contribution in [0.1, 0.15) is 11.1 Å². The number of hydrazone groups is 1. The van der Waals surface area contributed by atoms with Gasteiger partial charge in [-0.2, -0.15) is 9.88 Å². The van der Waals surface area contributed by atoms with E-state index >= 15 is 0 Å². The summed E-state index contributed by atoms with van der Waals surface area (Å²) in [7, 11) is 1.60. The minimum absolute atomic E-state index is 0.192. The van der Waals surface area contributed by atoms with E-state index < -0.39 is 6.42 Å². The molecule has 9 heteroatoms. The summed E-state index contributed by atoms with van der Waals surface area (Å²) in [6.07, 6.45) is -0.151. The fraction of sp³-hybridized carbons (Fsp3) is 0.0417. The zero-order valence-electron chi connectivity index (χ0n) is 17.4. The number of thiocarbonyl (C=S) groups is 1. The Morgan fingerprint density at radius 3 is 2.55 bits per heavy atom. The molecule has 1 aliphatic rings. The molecule has 6 nitrogen and oxygen atoms in total. The average molecular weight is 493 g/mol. The van der Waals surface area contributed by atoms with Gasteiger partial charge in [0.2, 0.25) is 5.43 Å². The van der Waals surface area contributed by atoms with Gasteiger partial charge < -0.3 is 13.7 Å². The molecule has 4 aromatic rings. The molecule has 5 rings (SSSR count). The second-order valence-electron chi connectivity index (χ2n) is 7.16. The van der Waals surface area contributed by atoms with Crippen LogP contribution in [-0.4, -0.2) is 23.1 Å². The molecule has 0 radical (unpaired) electrons. The first kappa shape index (κ1) is 21.5. The number of methoxy groups -OCH3 is 1. The van der Waals surface area contributed by atoms with E-state index in [0.717, 1.165) is 5.30 Å². The number of hydrogen-bond donors (Lipinski definition) is 0. The van der Waals surface area contributed by atoms with Crippen molar-refractivity contribution in [1.29, 1.82) is 0 Å². The summed E-state index contributed by atoms with van der Waals surface area (Å²) in [6.45, 7) is 0. The van der Waals surface area contributed by atoms with Gasteiger partial charge in [0.05, 0.1) is 29.8 Å². The van der Waals surface area contributed by atoms with E-state index in [1.807, 2.05) is 54.6 Å². The van der Waals surface area contributed by atoms with Gasteiger partial charge in [0, 0.05) is 5.30 Å². The second kappa shape index (κ2) is 8.56. The van der Waals surface area contributed by atoms with Crippen LogP contribution in [0.3, 0.4) is 0 Å². The molecule has 0 N–H and O–H groups in total. The van der Waals surface area contributed by atoms with Gasteiger partial charge >= 0.3 is 0 Å². The molecule has 0 saturated carbocycles. The molecule has 0 amide bonds. The topological polar surface area (TPSA) is 64.3 Å². The van der Waals surface area contributed by atoms with Crippen LogP contribution in [0.4, 0.5) is 0 Å². The van der Waals surface area contributed by atoms with Gasteiger partial charge in [0.15, 0.2) is 0 Å². The zero-order chi connectivity index (χ0) is 23.0. The Morgan fingerprint density at radius 2 is 1.76 bits per heavy atom. The molecular weight excluding hydrogens is 475 g/mol. The summed E-state index contributed by atoms with van der Waals surface area (Å²) in [5, 5.41) is 5.79. The maximum Gasteiger partial charge on any atom is 0.255 e. The third kappa shape index (κ3) is 3.76. The number of benzene rings is 3. The lowest BCUT2D eigenvalue weighted by atomic mass is 10.2. The lowest BCUT2D eigenvalue weighted by Crippen LogP contribution is -2.34. The molecule has 164 valence electrons. The van der Waals surface area contributed by atoms with Crippen molar-refractivity contribution in [3.05, 3.63) is 100 Å². The lowest BCUT2D eigenvalue weighted by molar-refractivity contribution is 0.415. The Hall–Kier alpha value is -3.32. The maximum atomic E-state index is 12.9. The Labute approximate surface area is 200 Å². The van der Waals surface area contributed by atoms with Gasteiger partial charge in [-0.15, -0.1) is 0 Å². The first-order chi connectivity index (χ1) is 16.0. The van der Waals surface area contributed by atoms with Crippen molar-refractivity contribution in [2.45, 2.75) is 0 Å². The van der Waals surface area contributed by atoms with Crippen molar-refractivity contribution in [3.63, 3.8) is 0 Å². The summed E-state index contributed by atoms with van der Waals surface area (Å²) in [6, 6.07) is 21.8. The predicted octanol–water partition coefficient (Wildman–Crippen LogP) is 4.84. The highest BCUT2D eigenvalue weighted by Gasteiger charge is 2.39. The van der Waals surface area contributed by atoms with Gasteiger partial charge in [-0.25, -0.2) is 0 Å². The highest BCUT2D eigenvalue weighted by Crippen LogP contribution is 2.55. The van der Waals surface area contributed by atoms with Gasteiger partial charge in [0.1, 0.15) is 28.3 Å². The summed E-state index contributed by atoms with van der Waals surface area (Å²) in [5.41, 5.74) is 1.31. The minimum Gasteiger partial charge on any atom is -0.497 e. The third-order valence-electron chi connectivity index (χ3n) is 5.18. The standard InChI is InChI=1S/C24H17N2O4PS2/c1-28-17-10-12-18(13-11-17)31(33)26(24(32)20-7-3-5-9-22(20)30-31)25-14-16-15-29-21-8-4-2-6-19(21)23(16)27/h2-15H,1H3. The van der Waals surface area contributed by atoms with Crippen LogP contribution in [0.15, 0.2) is 93.4 Å². The van der Waals surface area contributed by atoms with Crippen LogP contribution in [0.25, 0.3) is 11.0 Å². The molecule has 0 aliphatic carbocycles. The molecule has 33 heavy (non-hydrogen) atoms. The highest BCUT2D eigenvalue weighted by molar-refractivity contribution is 8.15. The Bertz CT molecular complexity index is 1520. The first-order valence-electron chi connectivity index (χ1n) is 9.94. The third-order valence-corrected chi connectivity index (χ3v) is 9.23. The SMILES string of the molecule is COc1ccc(P2(=S)Oc3ccccc3C(=S)N2N=Cc2coc3ccccc3c2=O)cc1. The van der Waals surface area contributed by atoms with E-state index in [-0.39, 0.29) is 11.0 Å². The molecule has 2 heterocycles. The van der Waals surface area contributed by atoms with Gasteiger partial charge in [-0.1, -0.05) is 36.5 Å². The van der Waals surface area contributed by atoms with Gasteiger partial charge in [-0.3, -0.25) is 4.79 Å². The van der Waals surface area contributed by atoms with Crippen LogP contribution >= 0.6 is 18.6 Å². The molecule has 0 spiro atoms. The van der Waals surface area contributed by atoms with E-state index in [1.165, 1.54) is 17.3 Å². The largest absolute Gasteiger partial charge is 0.497 e. The molecule has 1 aromatic heterocycles.